The summed E-state index contributed by atoms with van der Waals surface area (Å²) in [6.45, 7) is 0.366. The largest absolute Gasteiger partial charge is 0.383 e. The van der Waals surface area contributed by atoms with E-state index in [1.807, 2.05) is 0 Å². The van der Waals surface area contributed by atoms with Gasteiger partial charge in [0, 0.05) is 19.2 Å². The van der Waals surface area contributed by atoms with Gasteiger partial charge in [0.05, 0.1) is 16.8 Å². The van der Waals surface area contributed by atoms with Gasteiger partial charge >= 0.3 is 0 Å². The molecule has 1 amide bonds. The molecule has 3 aromatic rings. The van der Waals surface area contributed by atoms with Gasteiger partial charge in [0.15, 0.2) is 5.57 Å². The Labute approximate surface area is 180 Å². The first-order chi connectivity index (χ1) is 15.0. The average molecular weight is 441 g/mol. The maximum absolute atomic E-state index is 14.5. The molecular formula is C22H17F2N3O3S. The van der Waals surface area contributed by atoms with Crippen molar-refractivity contribution in [1.82, 2.24) is 9.88 Å². The Balaban J connectivity index is 2.34. The summed E-state index contributed by atoms with van der Waals surface area (Å²) in [7, 11) is 1.46. The van der Waals surface area contributed by atoms with Crippen molar-refractivity contribution >= 4 is 28.9 Å². The molecule has 0 aliphatic carbocycles. The summed E-state index contributed by atoms with van der Waals surface area (Å²) in [5, 5.41) is 12.1. The third-order valence-corrected chi connectivity index (χ3v) is 5.35. The molecule has 0 bridgehead atoms. The normalized spacial score (nSPS) is 12.4. The number of thiazole rings is 1. The number of halogens is 2. The molecule has 0 spiro atoms. The predicted octanol–water partition coefficient (Wildman–Crippen LogP) is 1.44. The van der Waals surface area contributed by atoms with E-state index < -0.39 is 23.1 Å². The van der Waals surface area contributed by atoms with Crippen molar-refractivity contribution in [1.29, 1.82) is 5.26 Å². The number of hydrogen-bond acceptors (Lipinski definition) is 5. The molecule has 0 saturated carbocycles. The molecule has 0 radical (unpaired) electrons. The van der Waals surface area contributed by atoms with Crippen LogP contribution in [0.2, 0.25) is 0 Å². The van der Waals surface area contributed by atoms with Crippen LogP contribution in [0.3, 0.4) is 0 Å². The third-order valence-electron chi connectivity index (χ3n) is 4.25. The summed E-state index contributed by atoms with van der Waals surface area (Å²) >= 11 is 0.803. The van der Waals surface area contributed by atoms with Crippen LogP contribution in [0.15, 0.2) is 53.3 Å². The minimum atomic E-state index is -0.733. The molecule has 1 aromatic heterocycles. The van der Waals surface area contributed by atoms with E-state index in [9.17, 15) is 23.6 Å². The Morgan fingerprint density at radius 1 is 1.19 bits per heavy atom. The second-order valence-corrected chi connectivity index (χ2v) is 7.30. The Kier molecular flexibility index (Phi) is 7.07. The highest BCUT2D eigenvalue weighted by Crippen LogP contribution is 2.10. The molecule has 6 nitrogen and oxygen atoms in total. The number of aromatic nitrogens is 1. The van der Waals surface area contributed by atoms with Gasteiger partial charge in [-0.2, -0.15) is 5.26 Å². The van der Waals surface area contributed by atoms with E-state index in [2.05, 4.69) is 5.32 Å². The average Bonchev–Trinajstić information content (AvgIpc) is 3.06. The number of benzene rings is 2. The van der Waals surface area contributed by atoms with Crippen LogP contribution in [0.4, 0.5) is 8.78 Å². The lowest BCUT2D eigenvalue weighted by molar-refractivity contribution is -0.115. The molecule has 158 valence electrons. The summed E-state index contributed by atoms with van der Waals surface area (Å²) in [5.74, 6) is -1.99. The van der Waals surface area contributed by atoms with Crippen molar-refractivity contribution in [3.05, 3.63) is 85.3 Å². The van der Waals surface area contributed by atoms with E-state index in [4.69, 9.17) is 4.74 Å². The van der Waals surface area contributed by atoms with Gasteiger partial charge in [-0.3, -0.25) is 14.2 Å². The number of hydrogen-bond donors (Lipinski definition) is 1. The third kappa shape index (κ3) is 4.77. The number of carbonyl (C=O) groups is 1. The van der Waals surface area contributed by atoms with Crippen LogP contribution in [0, 0.1) is 23.0 Å². The zero-order valence-electron chi connectivity index (χ0n) is 16.4. The van der Waals surface area contributed by atoms with Gasteiger partial charge in [0.2, 0.25) is 0 Å². The van der Waals surface area contributed by atoms with E-state index in [1.165, 1.54) is 49.6 Å². The van der Waals surface area contributed by atoms with Gasteiger partial charge in [-0.25, -0.2) is 8.78 Å². The van der Waals surface area contributed by atoms with E-state index in [0.717, 1.165) is 22.0 Å². The fourth-order valence-electron chi connectivity index (χ4n) is 2.79. The van der Waals surface area contributed by atoms with E-state index in [-0.39, 0.29) is 39.2 Å². The maximum atomic E-state index is 14.5. The van der Waals surface area contributed by atoms with Crippen LogP contribution in [-0.4, -0.2) is 30.7 Å². The van der Waals surface area contributed by atoms with Crippen LogP contribution < -0.4 is 20.1 Å². The van der Waals surface area contributed by atoms with Crippen molar-refractivity contribution in [2.75, 3.05) is 20.3 Å². The van der Waals surface area contributed by atoms with Crippen molar-refractivity contribution in [3.63, 3.8) is 0 Å². The molecule has 0 saturated heterocycles. The highest BCUT2D eigenvalue weighted by molar-refractivity contribution is 7.07. The molecular weight excluding hydrogens is 424 g/mol. The summed E-state index contributed by atoms with van der Waals surface area (Å²) in [4.78, 5) is 25.7. The fraction of sp³-hybridized carbons (Fsp3) is 0.136. The number of ether oxygens (including phenoxy) is 1. The number of carbonyl (C=O) groups excluding carboxylic acids is 1. The number of nitriles is 1. The number of methoxy groups -OCH3 is 1. The lowest BCUT2D eigenvalue weighted by Gasteiger charge is -2.06. The SMILES string of the molecule is COCCNC(=O)/C(C#N)=c1\s/c(=C\c2ccccc2F)c(=O)n1-c1ccccc1F. The van der Waals surface area contributed by atoms with Crippen molar-refractivity contribution in [3.8, 4) is 11.8 Å². The van der Waals surface area contributed by atoms with Crippen molar-refractivity contribution in [2.45, 2.75) is 0 Å². The van der Waals surface area contributed by atoms with E-state index >= 15 is 0 Å². The van der Waals surface area contributed by atoms with Crippen LogP contribution in [-0.2, 0) is 9.53 Å². The predicted molar refractivity (Wildman–Crippen MR) is 113 cm³/mol. The Morgan fingerprint density at radius 2 is 1.87 bits per heavy atom. The molecule has 0 unspecified atom stereocenters. The van der Waals surface area contributed by atoms with Crippen molar-refractivity contribution < 1.29 is 18.3 Å². The van der Waals surface area contributed by atoms with E-state index in [1.54, 1.807) is 12.1 Å². The van der Waals surface area contributed by atoms with Crippen LogP contribution in [0.25, 0.3) is 17.3 Å². The van der Waals surface area contributed by atoms with Gasteiger partial charge in [0.25, 0.3) is 11.5 Å². The Hall–Kier alpha value is -3.61. The quantitative estimate of drug-likeness (QED) is 0.587. The molecule has 0 aliphatic heterocycles. The summed E-state index contributed by atoms with van der Waals surface area (Å²) in [5.41, 5.74) is -1.01. The molecule has 0 aliphatic rings. The summed E-state index contributed by atoms with van der Waals surface area (Å²) in [6.07, 6.45) is 1.31. The van der Waals surface area contributed by atoms with Crippen LogP contribution in [0.5, 0.6) is 0 Å². The van der Waals surface area contributed by atoms with Gasteiger partial charge in [-0.1, -0.05) is 30.3 Å². The van der Waals surface area contributed by atoms with Crippen molar-refractivity contribution in [2.24, 2.45) is 0 Å². The summed E-state index contributed by atoms with van der Waals surface area (Å²) in [6, 6.07) is 13.1. The number of nitrogens with one attached hydrogen (secondary N) is 1. The number of nitrogens with zero attached hydrogens (tertiary/aromatic N) is 2. The minimum Gasteiger partial charge on any atom is -0.383 e. The number of para-hydroxylation sites is 1. The standard InChI is InChI=1S/C22H17F2N3O3S/c1-30-11-10-26-20(28)15(13-25)22-27(18-9-5-4-8-17(18)24)21(29)19(31-22)12-14-6-2-3-7-16(14)23/h2-9,12H,10-11H2,1H3,(H,26,28)/b19-12-,22-15-. The zero-order chi connectivity index (χ0) is 22.4. The molecule has 31 heavy (non-hydrogen) atoms. The van der Waals surface area contributed by atoms with E-state index in [0.29, 0.717) is 0 Å². The number of amides is 1. The number of rotatable bonds is 6. The first-order valence-electron chi connectivity index (χ1n) is 9.12. The minimum absolute atomic E-state index is 0.0424. The highest BCUT2D eigenvalue weighted by Gasteiger charge is 2.18. The maximum Gasteiger partial charge on any atom is 0.273 e. The smallest absolute Gasteiger partial charge is 0.273 e. The van der Waals surface area contributed by atoms with Gasteiger partial charge < -0.3 is 10.1 Å². The lowest BCUT2D eigenvalue weighted by atomic mass is 10.2. The second-order valence-electron chi connectivity index (χ2n) is 6.26. The monoisotopic (exact) mass is 441 g/mol. The first-order valence-corrected chi connectivity index (χ1v) is 9.94. The van der Waals surface area contributed by atoms with Crippen LogP contribution >= 0.6 is 11.3 Å². The molecule has 3 rings (SSSR count). The lowest BCUT2D eigenvalue weighted by Crippen LogP contribution is -2.35. The highest BCUT2D eigenvalue weighted by atomic mass is 32.1. The van der Waals surface area contributed by atoms with Crippen LogP contribution in [0.1, 0.15) is 5.56 Å². The molecule has 9 heteroatoms. The molecule has 0 atom stereocenters. The Bertz CT molecular complexity index is 1340. The molecule has 1 heterocycles. The zero-order valence-corrected chi connectivity index (χ0v) is 17.2. The second kappa shape index (κ2) is 9.93. The van der Waals surface area contributed by atoms with Gasteiger partial charge in [0.1, 0.15) is 22.4 Å². The molecule has 0 fully saturated rings. The van der Waals surface area contributed by atoms with Gasteiger partial charge in [-0.15, -0.1) is 11.3 Å². The Morgan fingerprint density at radius 3 is 2.52 bits per heavy atom. The molecule has 1 N–H and O–H groups in total. The van der Waals surface area contributed by atoms with Gasteiger partial charge in [-0.05, 0) is 24.3 Å². The fourth-order valence-corrected chi connectivity index (χ4v) is 3.87. The summed E-state index contributed by atoms with van der Waals surface area (Å²) < 4.78 is 34.4. The molecule has 2 aromatic carbocycles. The topological polar surface area (TPSA) is 84.1 Å². The first kappa shape index (κ1) is 22.1.